The van der Waals surface area contributed by atoms with E-state index in [-0.39, 0.29) is 12.0 Å². The fourth-order valence-electron chi connectivity index (χ4n) is 2.81. The third-order valence-electron chi connectivity index (χ3n) is 4.15. The molecule has 6 heteroatoms. The van der Waals surface area contributed by atoms with E-state index in [1.165, 1.54) is 14.2 Å². The Morgan fingerprint density at radius 1 is 1.04 bits per heavy atom. The molecule has 1 heterocycles. The number of benzene rings is 2. The summed E-state index contributed by atoms with van der Waals surface area (Å²) in [4.78, 5) is 24.0. The summed E-state index contributed by atoms with van der Waals surface area (Å²) in [6, 6.07) is 12.0. The molecule has 0 amide bonds. The van der Waals surface area contributed by atoms with Crippen molar-refractivity contribution in [2.24, 2.45) is 0 Å². The maximum atomic E-state index is 12.3. The smallest absolute Gasteiger partial charge is 0.343 e. The van der Waals surface area contributed by atoms with Crippen LogP contribution in [0.3, 0.4) is 0 Å². The Kier molecular flexibility index (Phi) is 5.00. The summed E-state index contributed by atoms with van der Waals surface area (Å²) in [6.07, 6.45) is 0.491. The Balaban J connectivity index is 1.85. The van der Waals surface area contributed by atoms with Crippen LogP contribution >= 0.6 is 0 Å². The van der Waals surface area contributed by atoms with Gasteiger partial charge >= 0.3 is 11.9 Å². The molecule has 0 bridgehead atoms. The Morgan fingerprint density at radius 2 is 1.76 bits per heavy atom. The Labute approximate surface area is 145 Å². The van der Waals surface area contributed by atoms with E-state index in [1.807, 2.05) is 6.07 Å². The first-order chi connectivity index (χ1) is 12.1. The standard InChI is InChI=1S/C19H19NO5/c1-23-16-9-13-8-15(19(22)24-2)20-11-14(13)10-17(16)25-18(21)12-6-4-3-5-7-12/h3-7,9-10,15,20H,8,11H2,1-2H3. The van der Waals surface area contributed by atoms with Gasteiger partial charge in [-0.1, -0.05) is 18.2 Å². The predicted octanol–water partition coefficient (Wildman–Crippen LogP) is 2.10. The van der Waals surface area contributed by atoms with Crippen LogP contribution in [0.5, 0.6) is 11.5 Å². The molecule has 1 atom stereocenters. The van der Waals surface area contributed by atoms with Crippen LogP contribution in [0.25, 0.3) is 0 Å². The molecular formula is C19H19NO5. The lowest BCUT2D eigenvalue weighted by Crippen LogP contribution is -2.42. The first kappa shape index (κ1) is 17.0. The van der Waals surface area contributed by atoms with Crippen LogP contribution in [0.2, 0.25) is 0 Å². The quantitative estimate of drug-likeness (QED) is 0.678. The van der Waals surface area contributed by atoms with Gasteiger partial charge in [-0.2, -0.15) is 0 Å². The fourth-order valence-corrected chi connectivity index (χ4v) is 2.81. The normalized spacial score (nSPS) is 15.8. The van der Waals surface area contributed by atoms with E-state index < -0.39 is 5.97 Å². The maximum absolute atomic E-state index is 12.3. The third-order valence-corrected chi connectivity index (χ3v) is 4.15. The van der Waals surface area contributed by atoms with E-state index in [0.29, 0.717) is 30.0 Å². The number of nitrogens with one attached hydrogen (secondary N) is 1. The lowest BCUT2D eigenvalue weighted by atomic mass is 9.95. The van der Waals surface area contributed by atoms with Gasteiger partial charge in [0.25, 0.3) is 0 Å². The second kappa shape index (κ2) is 7.36. The molecule has 3 rings (SSSR count). The topological polar surface area (TPSA) is 73.9 Å². The van der Waals surface area contributed by atoms with Crippen molar-refractivity contribution < 1.29 is 23.8 Å². The summed E-state index contributed by atoms with van der Waals surface area (Å²) in [5.41, 5.74) is 2.38. The van der Waals surface area contributed by atoms with Crippen molar-refractivity contribution in [3.8, 4) is 11.5 Å². The predicted molar refractivity (Wildman–Crippen MR) is 90.7 cm³/mol. The molecule has 25 heavy (non-hydrogen) atoms. The Hall–Kier alpha value is -2.86. The summed E-state index contributed by atoms with van der Waals surface area (Å²) in [5.74, 6) is 0.0567. The van der Waals surface area contributed by atoms with Crippen molar-refractivity contribution in [1.82, 2.24) is 5.32 Å². The molecule has 0 radical (unpaired) electrons. The van der Waals surface area contributed by atoms with Crippen LogP contribution in [0, 0.1) is 0 Å². The zero-order valence-electron chi connectivity index (χ0n) is 14.1. The molecule has 1 aliphatic heterocycles. The molecule has 0 saturated heterocycles. The molecule has 0 fully saturated rings. The van der Waals surface area contributed by atoms with Crippen LogP contribution in [0.4, 0.5) is 0 Å². The largest absolute Gasteiger partial charge is 0.493 e. The number of carbonyl (C=O) groups excluding carboxylic acids is 2. The average molecular weight is 341 g/mol. The average Bonchev–Trinajstić information content (AvgIpc) is 2.67. The highest BCUT2D eigenvalue weighted by atomic mass is 16.6. The summed E-state index contributed by atoms with van der Waals surface area (Å²) < 4.78 is 15.6. The van der Waals surface area contributed by atoms with Crippen molar-refractivity contribution in [1.29, 1.82) is 0 Å². The molecule has 130 valence electrons. The SMILES string of the molecule is COC(=O)C1Cc2cc(OC)c(OC(=O)c3ccccc3)cc2CN1. The van der Waals surface area contributed by atoms with Gasteiger partial charge < -0.3 is 19.5 Å². The second-order valence-electron chi connectivity index (χ2n) is 5.69. The molecule has 0 spiro atoms. The number of ether oxygens (including phenoxy) is 3. The van der Waals surface area contributed by atoms with E-state index in [2.05, 4.69) is 5.32 Å². The molecule has 1 aliphatic rings. The van der Waals surface area contributed by atoms with Gasteiger partial charge in [0.15, 0.2) is 11.5 Å². The molecule has 2 aromatic carbocycles. The van der Waals surface area contributed by atoms with Crippen LogP contribution < -0.4 is 14.8 Å². The van der Waals surface area contributed by atoms with Gasteiger partial charge in [0.1, 0.15) is 6.04 Å². The summed E-state index contributed by atoms with van der Waals surface area (Å²) in [6.45, 7) is 0.481. The first-order valence-corrected chi connectivity index (χ1v) is 7.90. The molecule has 2 aromatic rings. The van der Waals surface area contributed by atoms with Crippen LogP contribution in [0.15, 0.2) is 42.5 Å². The number of rotatable bonds is 4. The van der Waals surface area contributed by atoms with E-state index >= 15 is 0 Å². The monoisotopic (exact) mass is 341 g/mol. The zero-order chi connectivity index (χ0) is 17.8. The summed E-state index contributed by atoms with van der Waals surface area (Å²) in [5, 5.41) is 3.12. The minimum Gasteiger partial charge on any atom is -0.493 e. The lowest BCUT2D eigenvalue weighted by Gasteiger charge is -2.25. The van der Waals surface area contributed by atoms with Gasteiger partial charge in [0, 0.05) is 6.54 Å². The van der Waals surface area contributed by atoms with Gasteiger partial charge in [0.2, 0.25) is 0 Å². The minimum absolute atomic E-state index is 0.302. The summed E-state index contributed by atoms with van der Waals surface area (Å²) in [7, 11) is 2.88. The molecule has 0 saturated carbocycles. The van der Waals surface area contributed by atoms with Crippen molar-refractivity contribution in [2.75, 3.05) is 14.2 Å². The lowest BCUT2D eigenvalue weighted by molar-refractivity contribution is -0.143. The van der Waals surface area contributed by atoms with E-state index in [9.17, 15) is 9.59 Å². The van der Waals surface area contributed by atoms with Crippen molar-refractivity contribution in [2.45, 2.75) is 19.0 Å². The zero-order valence-corrected chi connectivity index (χ0v) is 14.1. The molecule has 1 unspecified atom stereocenters. The molecule has 6 nitrogen and oxygen atoms in total. The van der Waals surface area contributed by atoms with Gasteiger partial charge in [-0.15, -0.1) is 0 Å². The highest BCUT2D eigenvalue weighted by molar-refractivity contribution is 5.91. The number of methoxy groups -OCH3 is 2. The van der Waals surface area contributed by atoms with Gasteiger partial charge in [0.05, 0.1) is 19.8 Å². The number of esters is 2. The molecule has 1 N–H and O–H groups in total. The molecule has 0 aliphatic carbocycles. The maximum Gasteiger partial charge on any atom is 0.343 e. The van der Waals surface area contributed by atoms with Crippen molar-refractivity contribution in [3.63, 3.8) is 0 Å². The van der Waals surface area contributed by atoms with Crippen molar-refractivity contribution >= 4 is 11.9 Å². The minimum atomic E-state index is -0.449. The molecule has 0 aromatic heterocycles. The van der Waals surface area contributed by atoms with Gasteiger partial charge in [-0.05, 0) is 41.8 Å². The highest BCUT2D eigenvalue weighted by Crippen LogP contribution is 2.33. The number of fused-ring (bicyclic) bond motifs is 1. The number of hydrogen-bond acceptors (Lipinski definition) is 6. The van der Waals surface area contributed by atoms with E-state index in [1.54, 1.807) is 36.4 Å². The molecular weight excluding hydrogens is 322 g/mol. The number of carbonyl (C=O) groups is 2. The third kappa shape index (κ3) is 3.64. The van der Waals surface area contributed by atoms with Gasteiger partial charge in [-0.25, -0.2) is 4.79 Å². The highest BCUT2D eigenvalue weighted by Gasteiger charge is 2.26. The summed E-state index contributed by atoms with van der Waals surface area (Å²) >= 11 is 0. The fraction of sp³-hybridized carbons (Fsp3) is 0.263. The Morgan fingerprint density at radius 3 is 2.44 bits per heavy atom. The van der Waals surface area contributed by atoms with Crippen LogP contribution in [-0.2, 0) is 22.5 Å². The van der Waals surface area contributed by atoms with Crippen LogP contribution in [-0.4, -0.2) is 32.2 Å². The van der Waals surface area contributed by atoms with Gasteiger partial charge in [-0.3, -0.25) is 4.79 Å². The second-order valence-corrected chi connectivity index (χ2v) is 5.69. The first-order valence-electron chi connectivity index (χ1n) is 7.90. The van der Waals surface area contributed by atoms with E-state index in [4.69, 9.17) is 14.2 Å². The van der Waals surface area contributed by atoms with Crippen molar-refractivity contribution in [3.05, 3.63) is 59.2 Å². The van der Waals surface area contributed by atoms with E-state index in [0.717, 1.165) is 11.1 Å². The Bertz CT molecular complexity index is 788. The number of hydrogen-bond donors (Lipinski definition) is 1. The van der Waals surface area contributed by atoms with Crippen LogP contribution in [0.1, 0.15) is 21.5 Å².